The zero-order chi connectivity index (χ0) is 98.6. The molecule has 11 aromatic rings. The molecule has 4 heterocycles. The number of hydrogen-bond acceptors (Lipinski definition) is 20. The number of rotatable bonds is 40. The molecular weight excluding hydrogens is 1900 g/mol. The van der Waals surface area contributed by atoms with E-state index in [1.54, 1.807) is 0 Å². The molecule has 0 atom stereocenters. The van der Waals surface area contributed by atoms with Crippen molar-refractivity contribution in [2.24, 2.45) is 21.7 Å². The van der Waals surface area contributed by atoms with Gasteiger partial charge in [0.05, 0.1) is 113 Å². The van der Waals surface area contributed by atoms with Gasteiger partial charge in [0.15, 0.2) is 0 Å². The van der Waals surface area contributed by atoms with Crippen LogP contribution in [0.1, 0.15) is 199 Å². The first kappa shape index (κ1) is 107. The summed E-state index contributed by atoms with van der Waals surface area (Å²) in [5.74, 6) is -0.647. The molecule has 20 N–H and O–H groups in total. The third-order valence-electron chi connectivity index (χ3n) is 31.0. The SMILES string of the molecule is Cc1cc2c(cc1N)N(C1=CC=CCC1)c1cc(NCCCCCCNC(=O)C34CC5(C(=O)NCCCCCCNc6cc7c(cc6C)Nc6cc(C)c(N)cc6N7c6ccccc6)CC(C(=O)NCCCCCCNc6cc7c(cc6C)Nc6cc(C)c(N)cc6N7c6ccccc6)(C3)CC(C(=O)NCCCCCCNc3cc6c(cc3C)Nc3cc(C)c(N)cc3N6c3ccccc3)(C4)C5)c(C)cc1N2.Cl.Cl.Cl.Cl. The summed E-state index contributed by atoms with van der Waals surface area (Å²) in [6, 6.07) is 65.9. The predicted molar refractivity (Wildman–Crippen MR) is 620 cm³/mol. The lowest BCUT2D eigenvalue weighted by atomic mass is 9.34. The highest BCUT2D eigenvalue weighted by molar-refractivity contribution is 6.05. The van der Waals surface area contributed by atoms with Crippen molar-refractivity contribution in [3.63, 3.8) is 0 Å². The van der Waals surface area contributed by atoms with E-state index in [1.165, 1.54) is 5.70 Å². The van der Waals surface area contributed by atoms with Crippen LogP contribution in [0.15, 0.2) is 212 Å². The Morgan fingerprint density at radius 2 is 0.486 bits per heavy atom. The summed E-state index contributed by atoms with van der Waals surface area (Å²) < 4.78 is 0. The van der Waals surface area contributed by atoms with E-state index in [-0.39, 0.29) is 112 Å². The molecule has 0 unspecified atom stereocenters. The summed E-state index contributed by atoms with van der Waals surface area (Å²) in [5, 5.41) is 43.8. The molecule has 9 aliphatic rings. The van der Waals surface area contributed by atoms with Crippen LogP contribution in [0.2, 0.25) is 0 Å². The van der Waals surface area contributed by atoms with Crippen molar-refractivity contribution >= 4 is 227 Å². The van der Waals surface area contributed by atoms with Crippen molar-refractivity contribution < 1.29 is 19.2 Å². The molecule has 4 amide bonds. The van der Waals surface area contributed by atoms with Crippen molar-refractivity contribution in [1.82, 2.24) is 21.3 Å². The van der Waals surface area contributed by atoms with Gasteiger partial charge < -0.3 is 106 Å². The number of para-hydroxylation sites is 3. The first-order valence-corrected chi connectivity index (χ1v) is 51.9. The fourth-order valence-corrected chi connectivity index (χ4v) is 23.9. The van der Waals surface area contributed by atoms with E-state index in [2.05, 4.69) is 306 Å². The number of carbonyl (C=O) groups is 4. The molecular formula is C118H146Cl4N20O4. The van der Waals surface area contributed by atoms with Crippen LogP contribution in [-0.2, 0) is 19.2 Å². The van der Waals surface area contributed by atoms with Crippen LogP contribution in [0.4, 0.5) is 154 Å². The number of nitrogen functional groups attached to an aromatic ring is 4. The third kappa shape index (κ3) is 22.2. The second-order valence-electron chi connectivity index (χ2n) is 41.7. The van der Waals surface area contributed by atoms with Gasteiger partial charge in [0.1, 0.15) is 0 Å². The Hall–Kier alpha value is -13.3. The van der Waals surface area contributed by atoms with Crippen LogP contribution in [0.3, 0.4) is 0 Å². The van der Waals surface area contributed by atoms with Gasteiger partial charge in [-0.05, 0) is 342 Å². The number of fused-ring (bicyclic) bond motifs is 8. The zero-order valence-electron chi connectivity index (χ0n) is 85.6. The lowest BCUT2D eigenvalue weighted by Gasteiger charge is -2.67. The Balaban J connectivity index is 0.00000400. The first-order chi connectivity index (χ1) is 68.8. The van der Waals surface area contributed by atoms with Crippen LogP contribution >= 0.6 is 49.6 Å². The van der Waals surface area contributed by atoms with Gasteiger partial charge in [-0.1, -0.05) is 118 Å². The van der Waals surface area contributed by atoms with Gasteiger partial charge >= 0.3 is 0 Å². The van der Waals surface area contributed by atoms with Crippen molar-refractivity contribution in [2.45, 2.75) is 209 Å². The number of nitrogens with one attached hydrogen (secondary N) is 12. The van der Waals surface area contributed by atoms with Gasteiger partial charge in [0.2, 0.25) is 23.6 Å². The van der Waals surface area contributed by atoms with E-state index >= 15 is 19.2 Å². The van der Waals surface area contributed by atoms with Crippen LogP contribution in [0.5, 0.6) is 0 Å². The Bertz CT molecular complexity index is 6190. The van der Waals surface area contributed by atoms with Gasteiger partial charge in [-0.2, -0.15) is 0 Å². The van der Waals surface area contributed by atoms with Crippen LogP contribution < -0.4 is 106 Å². The average molecular weight is 2050 g/mol. The van der Waals surface area contributed by atoms with Crippen molar-refractivity contribution in [3.05, 3.63) is 256 Å². The van der Waals surface area contributed by atoms with Gasteiger partial charge in [-0.25, -0.2) is 0 Å². The third-order valence-corrected chi connectivity index (χ3v) is 31.0. The minimum atomic E-state index is -1.17. The molecule has 146 heavy (non-hydrogen) atoms. The number of aryl methyl sites for hydroxylation is 8. The number of halogens is 4. The number of anilines is 27. The summed E-state index contributed by atoms with van der Waals surface area (Å²) in [5.41, 5.74) is 58.2. The average Bonchev–Trinajstić information content (AvgIpc) is 0.667. The molecule has 4 fully saturated rings. The number of amides is 4. The highest BCUT2D eigenvalue weighted by Gasteiger charge is 2.75. The van der Waals surface area contributed by atoms with Crippen LogP contribution in [0, 0.1) is 77.0 Å². The Labute approximate surface area is 886 Å². The van der Waals surface area contributed by atoms with E-state index < -0.39 is 21.7 Å². The summed E-state index contributed by atoms with van der Waals surface area (Å²) in [4.78, 5) is 73.0. The monoisotopic (exact) mass is 2050 g/mol. The molecule has 4 bridgehead atoms. The molecule has 4 saturated carbocycles. The number of unbranched alkanes of at least 4 members (excludes halogenated alkanes) is 12. The van der Waals surface area contributed by atoms with Gasteiger partial charge in [-0.15, -0.1) is 49.6 Å². The largest absolute Gasteiger partial charge is 0.398 e. The van der Waals surface area contributed by atoms with Crippen molar-refractivity contribution in [3.8, 4) is 0 Å². The molecule has 11 aromatic carbocycles. The van der Waals surface area contributed by atoms with Gasteiger partial charge in [-0.3, -0.25) is 19.2 Å². The number of nitrogens with zero attached hydrogens (tertiary/aromatic N) is 4. The molecule has 20 rings (SSSR count). The minimum absolute atomic E-state index is 0. The maximum atomic E-state index is 16.0. The molecule has 28 heteroatoms. The van der Waals surface area contributed by atoms with E-state index in [9.17, 15) is 0 Å². The first-order valence-electron chi connectivity index (χ1n) is 51.9. The molecule has 0 radical (unpaired) electrons. The molecule has 770 valence electrons. The van der Waals surface area contributed by atoms with E-state index in [4.69, 9.17) is 22.9 Å². The molecule has 24 nitrogen and oxygen atoms in total. The minimum Gasteiger partial charge on any atom is -0.398 e. The lowest BCUT2D eigenvalue weighted by molar-refractivity contribution is -0.208. The molecule has 5 aliphatic carbocycles. The van der Waals surface area contributed by atoms with Gasteiger partial charge in [0, 0.05) is 121 Å². The highest BCUT2D eigenvalue weighted by Crippen LogP contribution is 2.74. The lowest BCUT2D eigenvalue weighted by Crippen LogP contribution is -2.72. The van der Waals surface area contributed by atoms with Crippen molar-refractivity contribution in [1.29, 1.82) is 0 Å². The fourth-order valence-electron chi connectivity index (χ4n) is 23.9. The van der Waals surface area contributed by atoms with E-state index in [0.717, 1.165) is 340 Å². The summed E-state index contributed by atoms with van der Waals surface area (Å²) in [7, 11) is 0. The summed E-state index contributed by atoms with van der Waals surface area (Å²) >= 11 is 0. The number of benzene rings is 11. The maximum Gasteiger partial charge on any atom is 0.226 e. The fraction of sp³-hybridized carbons (Fsp3) is 0.373. The zero-order valence-corrected chi connectivity index (χ0v) is 88.9. The second-order valence-corrected chi connectivity index (χ2v) is 41.7. The Morgan fingerprint density at radius 3 is 0.719 bits per heavy atom. The molecule has 0 saturated heterocycles. The summed E-state index contributed by atoms with van der Waals surface area (Å²) in [6.45, 7) is 21.5. The normalized spacial score (nSPS) is 17.8. The smallest absolute Gasteiger partial charge is 0.226 e. The van der Waals surface area contributed by atoms with E-state index in [0.29, 0.717) is 26.2 Å². The molecule has 0 aromatic heterocycles. The van der Waals surface area contributed by atoms with Crippen molar-refractivity contribution in [2.75, 3.05) is 137 Å². The standard InChI is InChI=1S/C118H142N20O4.4ClH/c1-75-53-95-103(61-87(75)119)135(83-37-21-17-22-38-83)107-65-91(79(5)57-99(107)131-95)123-45-29-9-13-33-49-127-111(139)115-69-116(112(140)128-50-34-14-10-30-46-124-92-66-108-100(58-80(92)6)132-96-54-76(2)88(120)62-104(96)136(108)84-39-23-18-24-40-84)72-117(70-115,113(141)129-51-35-15-11-31-47-125-93-67-109-101(59-81(93)7)133-97-55-77(3)89(121)63-105(97)137(109)85-41-25-19-26-42-85)74-118(71-115,73-116)114(142)130-52-36-16-12-32-48-126-94-68-110-102(60-82(94)8)134-98-56-78(4)90(122)64-106(98)138(110)86-43-27-20-28-44-86;;;;/h17-27,37-43,53-68,123-126,131-134H,9-16,28-36,44-52,69-74,119-122H2,1-8H3,(H,127,139)(H,128,140)(H,129,141)(H,130,142);4*1H. The molecule has 0 spiro atoms. The number of allylic oxidation sites excluding steroid dienone is 4. The quantitative estimate of drug-likeness (QED) is 0.0125. The van der Waals surface area contributed by atoms with Gasteiger partial charge in [0.25, 0.3) is 0 Å². The molecule has 4 aliphatic heterocycles. The van der Waals surface area contributed by atoms with E-state index in [1.807, 2.05) is 39.0 Å². The summed E-state index contributed by atoms with van der Waals surface area (Å²) in [6.07, 6.45) is 23.9. The van der Waals surface area contributed by atoms with Crippen LogP contribution in [-0.4, -0.2) is 76.0 Å². The Kier molecular flexibility index (Phi) is 33.9. The number of carbonyl (C=O) groups excluding carboxylic acids is 4. The topological polar surface area (TPSA) is 330 Å². The van der Waals surface area contributed by atoms with Crippen LogP contribution in [0.25, 0.3) is 0 Å². The highest BCUT2D eigenvalue weighted by atomic mass is 35.5. The second kappa shape index (κ2) is 46.2. The predicted octanol–water partition coefficient (Wildman–Crippen LogP) is 28.0. The number of hydrogen-bond donors (Lipinski definition) is 16. The maximum absolute atomic E-state index is 16.0. The Morgan fingerprint density at radius 1 is 0.274 bits per heavy atom. The number of nitrogens with two attached hydrogens (primary N) is 4.